The van der Waals surface area contributed by atoms with Crippen molar-refractivity contribution in [3.8, 4) is 5.40 Å². The number of hydrogen-bond donors (Lipinski definition) is 0. The summed E-state index contributed by atoms with van der Waals surface area (Å²) in [5.74, 6) is 0.914. The first-order valence-electron chi connectivity index (χ1n) is 2.97. The molecule has 0 fully saturated rings. The van der Waals surface area contributed by atoms with Crippen LogP contribution < -0.4 is 0 Å². The molecule has 0 aromatic carbocycles. The van der Waals surface area contributed by atoms with Crippen LogP contribution >= 0.6 is 23.1 Å². The minimum absolute atomic E-state index is 0.914. The number of hydrogen-bond acceptors (Lipinski definition) is 3. The van der Waals surface area contributed by atoms with Gasteiger partial charge in [-0.1, -0.05) is 6.07 Å². The Balaban J connectivity index is 2.23. The molecule has 0 N–H and O–H groups in total. The monoisotopic (exact) mass is 169 g/mol. The molecule has 0 saturated heterocycles. The Morgan fingerprint density at radius 1 is 1.70 bits per heavy atom. The van der Waals surface area contributed by atoms with Gasteiger partial charge in [-0.05, 0) is 29.6 Å². The van der Waals surface area contributed by atoms with E-state index in [-0.39, 0.29) is 0 Å². The van der Waals surface area contributed by atoms with Crippen LogP contribution in [-0.4, -0.2) is 5.75 Å². The van der Waals surface area contributed by atoms with Crippen molar-refractivity contribution >= 4 is 23.1 Å². The highest BCUT2D eigenvalue weighted by Crippen LogP contribution is 2.11. The molecular weight excluding hydrogens is 162 g/mol. The molecule has 1 nitrogen and oxygen atoms in total. The molecule has 0 unspecified atom stereocenters. The van der Waals surface area contributed by atoms with E-state index in [1.54, 1.807) is 11.3 Å². The predicted molar refractivity (Wildman–Crippen MR) is 46.1 cm³/mol. The van der Waals surface area contributed by atoms with Gasteiger partial charge < -0.3 is 0 Å². The van der Waals surface area contributed by atoms with Crippen molar-refractivity contribution in [3.63, 3.8) is 0 Å². The number of thiocyanates is 1. The molecule has 0 amide bonds. The quantitative estimate of drug-likeness (QED) is 0.513. The second kappa shape index (κ2) is 4.37. The molecule has 0 saturated carbocycles. The van der Waals surface area contributed by atoms with Crippen molar-refractivity contribution in [2.45, 2.75) is 6.42 Å². The summed E-state index contributed by atoms with van der Waals surface area (Å²) < 4.78 is 0. The Bertz CT molecular complexity index is 210. The largest absolute Gasteiger partial charge is 0.185 e. The topological polar surface area (TPSA) is 23.8 Å². The Labute approximate surface area is 68.7 Å². The van der Waals surface area contributed by atoms with Crippen molar-refractivity contribution in [1.29, 1.82) is 5.26 Å². The van der Waals surface area contributed by atoms with Crippen molar-refractivity contribution in [2.75, 3.05) is 5.75 Å². The average molecular weight is 169 g/mol. The lowest BCUT2D eigenvalue weighted by Crippen LogP contribution is -1.80. The van der Waals surface area contributed by atoms with E-state index in [0.717, 1.165) is 12.2 Å². The van der Waals surface area contributed by atoms with Crippen LogP contribution in [0.25, 0.3) is 0 Å². The van der Waals surface area contributed by atoms with Crippen molar-refractivity contribution in [2.24, 2.45) is 0 Å². The number of thioether (sulfide) groups is 1. The number of nitriles is 1. The highest BCUT2D eigenvalue weighted by atomic mass is 32.2. The van der Waals surface area contributed by atoms with Crippen LogP contribution in [0.4, 0.5) is 0 Å². The first kappa shape index (κ1) is 7.64. The van der Waals surface area contributed by atoms with E-state index in [0.29, 0.717) is 0 Å². The molecule has 0 aliphatic heterocycles. The summed E-state index contributed by atoms with van der Waals surface area (Å²) in [6, 6.07) is 4.14. The van der Waals surface area contributed by atoms with Gasteiger partial charge in [0.25, 0.3) is 0 Å². The zero-order valence-electron chi connectivity index (χ0n) is 5.41. The maximum absolute atomic E-state index is 8.21. The minimum atomic E-state index is 0.914. The highest BCUT2D eigenvalue weighted by molar-refractivity contribution is 8.03. The second-order valence-corrected chi connectivity index (χ2v) is 3.68. The van der Waals surface area contributed by atoms with Gasteiger partial charge in [-0.2, -0.15) is 5.26 Å². The van der Waals surface area contributed by atoms with E-state index in [1.165, 1.54) is 16.6 Å². The molecule has 1 aromatic rings. The Kier molecular flexibility index (Phi) is 3.34. The van der Waals surface area contributed by atoms with Gasteiger partial charge >= 0.3 is 0 Å². The standard InChI is InChI=1S/C7H7NS2/c8-6-9-5-3-7-2-1-4-10-7/h1-2,4H,3,5H2. The minimum Gasteiger partial charge on any atom is -0.185 e. The maximum Gasteiger partial charge on any atom is 0.133 e. The normalized spacial score (nSPS) is 9.10. The summed E-state index contributed by atoms with van der Waals surface area (Å²) in [5, 5.41) is 12.3. The van der Waals surface area contributed by atoms with E-state index in [4.69, 9.17) is 5.26 Å². The highest BCUT2D eigenvalue weighted by Gasteiger charge is 1.91. The Hall–Kier alpha value is -0.460. The SMILES string of the molecule is N#CSCCc1cccs1. The van der Waals surface area contributed by atoms with Gasteiger partial charge in [-0.25, -0.2) is 0 Å². The van der Waals surface area contributed by atoms with Gasteiger partial charge in [-0.15, -0.1) is 11.3 Å². The molecule has 0 aliphatic rings. The van der Waals surface area contributed by atoms with Crippen LogP contribution in [-0.2, 0) is 6.42 Å². The van der Waals surface area contributed by atoms with Crippen molar-refractivity contribution in [3.05, 3.63) is 22.4 Å². The zero-order chi connectivity index (χ0) is 7.23. The van der Waals surface area contributed by atoms with Gasteiger partial charge in [0.05, 0.1) is 0 Å². The van der Waals surface area contributed by atoms with E-state index in [9.17, 15) is 0 Å². The lowest BCUT2D eigenvalue weighted by molar-refractivity contribution is 1.21. The molecule has 0 aliphatic carbocycles. The van der Waals surface area contributed by atoms with Crippen LogP contribution in [0.3, 0.4) is 0 Å². The fourth-order valence-electron chi connectivity index (χ4n) is 0.652. The van der Waals surface area contributed by atoms with Crippen LogP contribution in [0.15, 0.2) is 17.5 Å². The summed E-state index contributed by atoms with van der Waals surface area (Å²) >= 11 is 3.07. The third kappa shape index (κ3) is 2.42. The smallest absolute Gasteiger partial charge is 0.133 e. The number of nitrogens with zero attached hydrogens (tertiary/aromatic N) is 1. The molecule has 52 valence electrons. The van der Waals surface area contributed by atoms with Gasteiger partial charge in [-0.3, -0.25) is 0 Å². The molecule has 3 heteroatoms. The Morgan fingerprint density at radius 2 is 2.60 bits per heavy atom. The summed E-state index contributed by atoms with van der Waals surface area (Å²) in [6.45, 7) is 0. The summed E-state index contributed by atoms with van der Waals surface area (Å²) in [7, 11) is 0. The molecule has 0 spiro atoms. The average Bonchev–Trinajstić information content (AvgIpc) is 2.41. The fraction of sp³-hybridized carbons (Fsp3) is 0.286. The third-order valence-corrected chi connectivity index (χ3v) is 2.57. The van der Waals surface area contributed by atoms with Crippen LogP contribution in [0.1, 0.15) is 4.88 Å². The van der Waals surface area contributed by atoms with Crippen LogP contribution in [0.5, 0.6) is 0 Å². The van der Waals surface area contributed by atoms with Crippen LogP contribution in [0.2, 0.25) is 0 Å². The number of aryl methyl sites for hydroxylation is 1. The lowest BCUT2D eigenvalue weighted by atomic mass is 10.4. The van der Waals surface area contributed by atoms with Gasteiger partial charge in [0.15, 0.2) is 0 Å². The second-order valence-electron chi connectivity index (χ2n) is 1.77. The summed E-state index contributed by atoms with van der Waals surface area (Å²) in [6.07, 6.45) is 1.02. The molecule has 0 radical (unpaired) electrons. The fourth-order valence-corrected chi connectivity index (χ4v) is 1.90. The first-order chi connectivity index (χ1) is 4.93. The van der Waals surface area contributed by atoms with Crippen molar-refractivity contribution in [1.82, 2.24) is 0 Å². The maximum atomic E-state index is 8.21. The molecule has 1 aromatic heterocycles. The Morgan fingerprint density at radius 3 is 3.20 bits per heavy atom. The van der Waals surface area contributed by atoms with E-state index < -0.39 is 0 Å². The molecule has 1 heterocycles. The molecule has 0 bridgehead atoms. The van der Waals surface area contributed by atoms with Crippen molar-refractivity contribution < 1.29 is 0 Å². The molecule has 1 rings (SSSR count). The molecule has 10 heavy (non-hydrogen) atoms. The lowest BCUT2D eigenvalue weighted by Gasteiger charge is -1.88. The molecular formula is C7H7NS2. The predicted octanol–water partition coefficient (Wildman–Crippen LogP) is 2.50. The van der Waals surface area contributed by atoms with E-state index in [1.807, 2.05) is 6.07 Å². The van der Waals surface area contributed by atoms with Crippen LogP contribution in [0, 0.1) is 10.7 Å². The molecule has 0 atom stereocenters. The number of thiophene rings is 1. The first-order valence-corrected chi connectivity index (χ1v) is 4.83. The van der Waals surface area contributed by atoms with E-state index in [2.05, 4.69) is 16.8 Å². The van der Waals surface area contributed by atoms with E-state index >= 15 is 0 Å². The van der Waals surface area contributed by atoms with Gasteiger partial charge in [0.2, 0.25) is 0 Å². The third-order valence-electron chi connectivity index (χ3n) is 1.10. The summed E-state index contributed by atoms with van der Waals surface area (Å²) in [4.78, 5) is 1.36. The summed E-state index contributed by atoms with van der Waals surface area (Å²) in [5.41, 5.74) is 0. The number of rotatable bonds is 3. The zero-order valence-corrected chi connectivity index (χ0v) is 7.04. The van der Waals surface area contributed by atoms with Gasteiger partial charge in [0.1, 0.15) is 5.40 Å². The van der Waals surface area contributed by atoms with Gasteiger partial charge in [0, 0.05) is 10.6 Å².